The third-order valence-corrected chi connectivity index (χ3v) is 6.30. The summed E-state index contributed by atoms with van der Waals surface area (Å²) in [5.41, 5.74) is 6.26. The molecule has 9 nitrogen and oxygen atoms in total. The maximum atomic E-state index is 12.6. The van der Waals surface area contributed by atoms with E-state index in [0.29, 0.717) is 25.6 Å². The maximum Gasteiger partial charge on any atom is 0.241 e. The van der Waals surface area contributed by atoms with Crippen LogP contribution in [0.15, 0.2) is 28.7 Å². The Hall–Kier alpha value is -1.69. The minimum Gasteiger partial charge on any atom is -0.395 e. The average Bonchev–Trinajstić information content (AvgIpc) is 3.03. The van der Waals surface area contributed by atoms with Crippen LogP contribution in [0.2, 0.25) is 0 Å². The topological polar surface area (TPSA) is 128 Å². The van der Waals surface area contributed by atoms with Crippen molar-refractivity contribution in [1.29, 1.82) is 0 Å². The molecule has 1 saturated heterocycles. The zero-order valence-electron chi connectivity index (χ0n) is 14.0. The molecule has 1 aromatic carbocycles. The molecule has 0 radical (unpaired) electrons. The van der Waals surface area contributed by atoms with E-state index < -0.39 is 9.84 Å². The van der Waals surface area contributed by atoms with Gasteiger partial charge in [0.25, 0.3) is 0 Å². The van der Waals surface area contributed by atoms with Gasteiger partial charge in [0.15, 0.2) is 9.84 Å². The van der Waals surface area contributed by atoms with Crippen LogP contribution in [0.3, 0.4) is 0 Å². The number of benzene rings is 1. The van der Waals surface area contributed by atoms with Crippen molar-refractivity contribution in [2.24, 2.45) is 0 Å². The maximum absolute atomic E-state index is 12.6. The molecule has 3 rings (SSSR count). The van der Waals surface area contributed by atoms with Crippen LogP contribution in [0.4, 0.5) is 11.9 Å². The number of aliphatic hydroxyl groups is 1. The summed E-state index contributed by atoms with van der Waals surface area (Å²) in [6, 6.07) is 6.91. The normalized spacial score (nSPS) is 19.0. The lowest BCUT2D eigenvalue weighted by atomic mass is 10.2. The van der Waals surface area contributed by atoms with Gasteiger partial charge in [-0.3, -0.25) is 4.90 Å². The van der Waals surface area contributed by atoms with E-state index in [0.717, 1.165) is 10.0 Å². The van der Waals surface area contributed by atoms with Crippen LogP contribution >= 0.6 is 15.9 Å². The summed E-state index contributed by atoms with van der Waals surface area (Å²) in [4.78, 5) is 7.78. The number of aromatic nitrogens is 3. The van der Waals surface area contributed by atoms with Crippen LogP contribution in [-0.2, 0) is 15.6 Å². The average molecular weight is 445 g/mol. The molecule has 1 aromatic heterocycles. The second-order valence-corrected chi connectivity index (χ2v) is 9.21. The third kappa shape index (κ3) is 4.72. The van der Waals surface area contributed by atoms with Gasteiger partial charge in [-0.15, -0.1) is 5.10 Å². The first-order chi connectivity index (χ1) is 12.4. The highest BCUT2D eigenvalue weighted by Gasteiger charge is 2.31. The second kappa shape index (κ2) is 7.91. The number of aromatic amines is 1. The molecule has 2 aromatic rings. The number of anilines is 2. The molecular weight excluding hydrogens is 424 g/mol. The SMILES string of the molecule is Nc1n[nH]c(N2CCN(CS(=O)(=O)Cc3ccc(Br)cc3)C(CO)C2)n1. The van der Waals surface area contributed by atoms with Gasteiger partial charge in [0.1, 0.15) is 5.88 Å². The van der Waals surface area contributed by atoms with E-state index in [1.165, 1.54) is 0 Å². The molecule has 142 valence electrons. The zero-order chi connectivity index (χ0) is 18.7. The van der Waals surface area contributed by atoms with Crippen molar-refractivity contribution in [3.05, 3.63) is 34.3 Å². The molecule has 0 spiro atoms. The summed E-state index contributed by atoms with van der Waals surface area (Å²) in [5.74, 6) is 0.552. The van der Waals surface area contributed by atoms with Gasteiger partial charge in [0.2, 0.25) is 11.9 Å². The Labute approximate surface area is 160 Å². The van der Waals surface area contributed by atoms with E-state index >= 15 is 0 Å². The van der Waals surface area contributed by atoms with Crippen molar-refractivity contribution in [3.63, 3.8) is 0 Å². The first-order valence-electron chi connectivity index (χ1n) is 8.09. The first-order valence-corrected chi connectivity index (χ1v) is 10.7. The Balaban J connectivity index is 1.64. The smallest absolute Gasteiger partial charge is 0.241 e. The van der Waals surface area contributed by atoms with Crippen LogP contribution < -0.4 is 10.6 Å². The molecule has 0 aliphatic carbocycles. The summed E-state index contributed by atoms with van der Waals surface area (Å²) in [6.07, 6.45) is 0. The molecule has 1 aliphatic rings. The van der Waals surface area contributed by atoms with Gasteiger partial charge in [-0.1, -0.05) is 28.1 Å². The van der Waals surface area contributed by atoms with E-state index in [1.807, 2.05) is 17.0 Å². The Kier molecular flexibility index (Phi) is 5.80. The lowest BCUT2D eigenvalue weighted by molar-refractivity contribution is 0.127. The first kappa shape index (κ1) is 19.1. The highest BCUT2D eigenvalue weighted by Crippen LogP contribution is 2.18. The standard InChI is InChI=1S/C15H21BrN6O3S/c16-12-3-1-11(2-4-12)9-26(24,25)10-22-6-5-21(7-13(22)8-23)15-18-14(17)19-20-15/h1-4,13,23H,5-10H2,(H3,17,18,19,20). The van der Waals surface area contributed by atoms with Crippen molar-refractivity contribution >= 4 is 37.7 Å². The molecule has 1 fully saturated rings. The van der Waals surface area contributed by atoms with Crippen LogP contribution in [-0.4, -0.2) is 71.8 Å². The molecular formula is C15H21BrN6O3S. The summed E-state index contributed by atoms with van der Waals surface area (Å²) in [5, 5.41) is 16.2. The van der Waals surface area contributed by atoms with E-state index in [1.54, 1.807) is 17.0 Å². The van der Waals surface area contributed by atoms with Gasteiger partial charge in [-0.05, 0) is 17.7 Å². The monoisotopic (exact) mass is 444 g/mol. The molecule has 1 atom stereocenters. The van der Waals surface area contributed by atoms with Crippen molar-refractivity contribution in [1.82, 2.24) is 20.1 Å². The highest BCUT2D eigenvalue weighted by molar-refractivity contribution is 9.10. The lowest BCUT2D eigenvalue weighted by Crippen LogP contribution is -2.56. The predicted octanol–water partition coefficient (Wildman–Crippen LogP) is 0.205. The fourth-order valence-electron chi connectivity index (χ4n) is 2.97. The third-order valence-electron chi connectivity index (χ3n) is 4.27. The molecule has 0 bridgehead atoms. The number of rotatable bonds is 6. The van der Waals surface area contributed by atoms with Crippen LogP contribution in [0, 0.1) is 0 Å². The Morgan fingerprint density at radius 3 is 2.65 bits per heavy atom. The Morgan fingerprint density at radius 2 is 2.04 bits per heavy atom. The van der Waals surface area contributed by atoms with Crippen LogP contribution in [0.1, 0.15) is 5.56 Å². The molecule has 0 saturated carbocycles. The molecule has 0 amide bonds. The number of sulfone groups is 1. The highest BCUT2D eigenvalue weighted by atomic mass is 79.9. The Morgan fingerprint density at radius 1 is 1.31 bits per heavy atom. The molecule has 1 aliphatic heterocycles. The number of halogens is 1. The van der Waals surface area contributed by atoms with Crippen LogP contribution in [0.25, 0.3) is 0 Å². The van der Waals surface area contributed by atoms with E-state index in [4.69, 9.17) is 5.73 Å². The van der Waals surface area contributed by atoms with Crippen molar-refractivity contribution in [2.75, 3.05) is 42.8 Å². The summed E-state index contributed by atoms with van der Waals surface area (Å²) in [7, 11) is -3.34. The zero-order valence-corrected chi connectivity index (χ0v) is 16.4. The van der Waals surface area contributed by atoms with Crippen molar-refractivity contribution in [2.45, 2.75) is 11.8 Å². The van der Waals surface area contributed by atoms with Crippen molar-refractivity contribution < 1.29 is 13.5 Å². The molecule has 11 heteroatoms. The number of aliphatic hydroxyl groups excluding tert-OH is 1. The van der Waals surface area contributed by atoms with Gasteiger partial charge in [0.05, 0.1) is 18.4 Å². The number of hydrogen-bond donors (Lipinski definition) is 3. The van der Waals surface area contributed by atoms with Gasteiger partial charge in [-0.2, -0.15) is 4.98 Å². The van der Waals surface area contributed by atoms with Gasteiger partial charge in [0, 0.05) is 24.1 Å². The summed E-state index contributed by atoms with van der Waals surface area (Å²) < 4.78 is 26.1. The van der Waals surface area contributed by atoms with E-state index in [2.05, 4.69) is 31.1 Å². The summed E-state index contributed by atoms with van der Waals surface area (Å²) in [6.45, 7) is 1.36. The van der Waals surface area contributed by atoms with Crippen molar-refractivity contribution in [3.8, 4) is 0 Å². The van der Waals surface area contributed by atoms with Crippen LogP contribution in [0.5, 0.6) is 0 Å². The molecule has 2 heterocycles. The number of nitrogens with two attached hydrogens (primary N) is 1. The van der Waals surface area contributed by atoms with Gasteiger partial charge in [-0.25, -0.2) is 13.5 Å². The summed E-state index contributed by atoms with van der Waals surface area (Å²) >= 11 is 3.34. The molecule has 26 heavy (non-hydrogen) atoms. The minimum atomic E-state index is -3.34. The second-order valence-electron chi connectivity index (χ2n) is 6.26. The number of piperazine rings is 1. The lowest BCUT2D eigenvalue weighted by Gasteiger charge is -2.40. The number of nitrogen functional groups attached to an aromatic ring is 1. The van der Waals surface area contributed by atoms with Gasteiger partial charge < -0.3 is 15.7 Å². The molecule has 1 unspecified atom stereocenters. The minimum absolute atomic E-state index is 0.0305. The molecule has 4 N–H and O–H groups in total. The quantitative estimate of drug-likeness (QED) is 0.576. The number of hydrogen-bond acceptors (Lipinski definition) is 8. The van der Waals surface area contributed by atoms with Gasteiger partial charge >= 0.3 is 0 Å². The van der Waals surface area contributed by atoms with E-state index in [9.17, 15) is 13.5 Å². The fourth-order valence-corrected chi connectivity index (χ4v) is 4.87. The Bertz CT molecular complexity index is 841. The van der Waals surface area contributed by atoms with E-state index in [-0.39, 0.29) is 30.2 Å². The predicted molar refractivity (Wildman–Crippen MR) is 102 cm³/mol. The largest absolute Gasteiger partial charge is 0.395 e. The number of nitrogens with one attached hydrogen (secondary N) is 1. The number of H-pyrrole nitrogens is 1. The number of nitrogens with zero attached hydrogens (tertiary/aromatic N) is 4. The fraction of sp³-hybridized carbons (Fsp3) is 0.467.